The molecule has 0 saturated heterocycles. The van der Waals surface area contributed by atoms with Crippen molar-refractivity contribution >= 4 is 5.69 Å². The molecule has 76 valence electrons. The molecule has 0 fully saturated rings. The van der Waals surface area contributed by atoms with Crippen molar-refractivity contribution in [3.63, 3.8) is 0 Å². The van der Waals surface area contributed by atoms with Crippen molar-refractivity contribution in [3.8, 4) is 11.4 Å². The van der Waals surface area contributed by atoms with E-state index in [9.17, 15) is 0 Å². The van der Waals surface area contributed by atoms with Gasteiger partial charge in [-0.3, -0.25) is 0 Å². The minimum absolute atomic E-state index is 0.656. The van der Waals surface area contributed by atoms with Gasteiger partial charge in [-0.15, -0.1) is 10.2 Å². The standard InChI is InChI=1S/C10H11N5/c1-2-7-6-8(10-12-14-15-13-10)3-4-9(7)11-5-1/h3-4,6,11H,1-2,5H2,(H,12,13,14,15). The van der Waals surface area contributed by atoms with Crippen LogP contribution in [0.4, 0.5) is 5.69 Å². The van der Waals surface area contributed by atoms with E-state index >= 15 is 0 Å². The lowest BCUT2D eigenvalue weighted by Gasteiger charge is -2.17. The lowest BCUT2D eigenvalue weighted by atomic mass is 10.0. The third-order valence-corrected chi connectivity index (χ3v) is 2.65. The molecule has 1 aromatic carbocycles. The highest BCUT2D eigenvalue weighted by molar-refractivity contribution is 5.64. The van der Waals surface area contributed by atoms with Crippen molar-refractivity contribution in [2.45, 2.75) is 12.8 Å². The van der Waals surface area contributed by atoms with Gasteiger partial charge in [0, 0.05) is 17.8 Å². The number of H-pyrrole nitrogens is 1. The number of fused-ring (bicyclic) bond motifs is 1. The molecule has 0 saturated carbocycles. The number of benzene rings is 1. The summed E-state index contributed by atoms with van der Waals surface area (Å²) in [6.45, 7) is 1.06. The van der Waals surface area contributed by atoms with Gasteiger partial charge < -0.3 is 5.32 Å². The van der Waals surface area contributed by atoms with Gasteiger partial charge in [0.15, 0.2) is 0 Å². The van der Waals surface area contributed by atoms with Crippen molar-refractivity contribution in [2.75, 3.05) is 11.9 Å². The number of aryl methyl sites for hydroxylation is 1. The maximum absolute atomic E-state index is 3.97. The summed E-state index contributed by atoms with van der Waals surface area (Å²) in [5, 5.41) is 17.3. The summed E-state index contributed by atoms with van der Waals surface area (Å²) < 4.78 is 0. The second-order valence-electron chi connectivity index (χ2n) is 3.64. The van der Waals surface area contributed by atoms with Gasteiger partial charge >= 0.3 is 0 Å². The van der Waals surface area contributed by atoms with Gasteiger partial charge in [0.25, 0.3) is 0 Å². The van der Waals surface area contributed by atoms with E-state index in [4.69, 9.17) is 0 Å². The van der Waals surface area contributed by atoms with Crippen molar-refractivity contribution in [2.24, 2.45) is 0 Å². The summed E-state index contributed by atoms with van der Waals surface area (Å²) in [4.78, 5) is 0. The summed E-state index contributed by atoms with van der Waals surface area (Å²) >= 11 is 0. The molecule has 1 aliphatic heterocycles. The quantitative estimate of drug-likeness (QED) is 0.728. The maximum atomic E-state index is 3.97. The smallest absolute Gasteiger partial charge is 0.204 e. The van der Waals surface area contributed by atoms with Gasteiger partial charge in [-0.1, -0.05) is 0 Å². The van der Waals surface area contributed by atoms with E-state index in [-0.39, 0.29) is 0 Å². The highest BCUT2D eigenvalue weighted by atomic mass is 15.5. The first-order chi connectivity index (χ1) is 7.43. The van der Waals surface area contributed by atoms with Gasteiger partial charge in [-0.2, -0.15) is 5.21 Å². The largest absolute Gasteiger partial charge is 0.385 e. The molecule has 0 spiro atoms. The number of rotatable bonds is 1. The predicted molar refractivity (Wildman–Crippen MR) is 56.4 cm³/mol. The minimum atomic E-state index is 0.656. The van der Waals surface area contributed by atoms with E-state index in [1.54, 1.807) is 0 Å². The summed E-state index contributed by atoms with van der Waals surface area (Å²) in [6.07, 6.45) is 2.30. The van der Waals surface area contributed by atoms with Crippen LogP contribution in [0.1, 0.15) is 12.0 Å². The number of tetrazole rings is 1. The molecule has 1 aromatic heterocycles. The van der Waals surface area contributed by atoms with Crippen LogP contribution in [0.25, 0.3) is 11.4 Å². The Morgan fingerprint density at radius 3 is 3.13 bits per heavy atom. The molecule has 2 heterocycles. The molecular formula is C10H11N5. The number of aromatic nitrogens is 4. The first-order valence-corrected chi connectivity index (χ1v) is 5.04. The van der Waals surface area contributed by atoms with Crippen LogP contribution in [0.5, 0.6) is 0 Å². The Balaban J connectivity index is 2.04. The fourth-order valence-electron chi connectivity index (χ4n) is 1.90. The second kappa shape index (κ2) is 3.34. The molecule has 5 heteroatoms. The van der Waals surface area contributed by atoms with Crippen LogP contribution in [-0.2, 0) is 6.42 Å². The molecule has 5 nitrogen and oxygen atoms in total. The number of anilines is 1. The number of nitrogens with zero attached hydrogens (tertiary/aromatic N) is 3. The molecule has 2 aromatic rings. The molecule has 0 aliphatic carbocycles. The van der Waals surface area contributed by atoms with Crippen molar-refractivity contribution in [3.05, 3.63) is 23.8 Å². The average molecular weight is 201 g/mol. The number of hydrogen-bond acceptors (Lipinski definition) is 4. The minimum Gasteiger partial charge on any atom is -0.385 e. The van der Waals surface area contributed by atoms with Gasteiger partial charge in [0.2, 0.25) is 5.82 Å². The lowest BCUT2D eigenvalue weighted by Crippen LogP contribution is -2.11. The van der Waals surface area contributed by atoms with Crippen molar-refractivity contribution in [1.82, 2.24) is 20.6 Å². The van der Waals surface area contributed by atoms with Gasteiger partial charge in [0.1, 0.15) is 0 Å². The monoisotopic (exact) mass is 201 g/mol. The zero-order chi connectivity index (χ0) is 10.1. The Labute approximate surface area is 86.9 Å². The fourth-order valence-corrected chi connectivity index (χ4v) is 1.90. The highest BCUT2D eigenvalue weighted by Crippen LogP contribution is 2.26. The first-order valence-electron chi connectivity index (χ1n) is 5.04. The number of aromatic amines is 1. The molecule has 15 heavy (non-hydrogen) atoms. The zero-order valence-electron chi connectivity index (χ0n) is 8.20. The summed E-state index contributed by atoms with van der Waals surface area (Å²) in [5.74, 6) is 0.656. The highest BCUT2D eigenvalue weighted by Gasteiger charge is 2.10. The summed E-state index contributed by atoms with van der Waals surface area (Å²) in [5.41, 5.74) is 3.59. The Morgan fingerprint density at radius 2 is 2.27 bits per heavy atom. The van der Waals surface area contributed by atoms with Crippen LogP contribution >= 0.6 is 0 Å². The van der Waals surface area contributed by atoms with E-state index in [0.717, 1.165) is 18.5 Å². The molecule has 0 bridgehead atoms. The topological polar surface area (TPSA) is 66.5 Å². The van der Waals surface area contributed by atoms with Gasteiger partial charge in [-0.05, 0) is 41.8 Å². The Hall–Kier alpha value is -1.91. The molecular weight excluding hydrogens is 190 g/mol. The fraction of sp³-hybridized carbons (Fsp3) is 0.300. The molecule has 0 unspecified atom stereocenters. The Kier molecular flexibility index (Phi) is 1.87. The number of nitrogens with one attached hydrogen (secondary N) is 2. The number of hydrogen-bond donors (Lipinski definition) is 2. The Morgan fingerprint density at radius 1 is 1.27 bits per heavy atom. The summed E-state index contributed by atoms with van der Waals surface area (Å²) in [7, 11) is 0. The first kappa shape index (κ1) is 8.40. The van der Waals surface area contributed by atoms with Crippen molar-refractivity contribution in [1.29, 1.82) is 0 Å². The van der Waals surface area contributed by atoms with E-state index < -0.39 is 0 Å². The third kappa shape index (κ3) is 1.45. The molecule has 3 rings (SSSR count). The van der Waals surface area contributed by atoms with Crippen LogP contribution in [0, 0.1) is 0 Å². The van der Waals surface area contributed by atoms with Gasteiger partial charge in [0.05, 0.1) is 0 Å². The van der Waals surface area contributed by atoms with Crippen LogP contribution < -0.4 is 5.32 Å². The van der Waals surface area contributed by atoms with E-state index in [0.29, 0.717) is 5.82 Å². The zero-order valence-corrected chi connectivity index (χ0v) is 8.20. The third-order valence-electron chi connectivity index (χ3n) is 2.65. The molecule has 1 aliphatic rings. The molecule has 0 atom stereocenters. The SMILES string of the molecule is c1cc2c(cc1-c1nn[nH]n1)CCCN2. The van der Waals surface area contributed by atoms with Crippen LogP contribution in [0.2, 0.25) is 0 Å². The molecule has 0 radical (unpaired) electrons. The van der Waals surface area contributed by atoms with Crippen molar-refractivity contribution < 1.29 is 0 Å². The Bertz CT molecular complexity index is 463. The average Bonchev–Trinajstić information content (AvgIpc) is 2.82. The molecule has 0 amide bonds. The van der Waals surface area contributed by atoms with E-state index in [2.05, 4.69) is 38.1 Å². The van der Waals surface area contributed by atoms with Crippen LogP contribution in [0.3, 0.4) is 0 Å². The van der Waals surface area contributed by atoms with Crippen LogP contribution in [-0.4, -0.2) is 27.2 Å². The lowest BCUT2D eigenvalue weighted by molar-refractivity contribution is 0.830. The van der Waals surface area contributed by atoms with E-state index in [1.165, 1.54) is 17.7 Å². The predicted octanol–water partition coefficient (Wildman–Crippen LogP) is 1.22. The van der Waals surface area contributed by atoms with E-state index in [1.807, 2.05) is 6.07 Å². The van der Waals surface area contributed by atoms with Crippen LogP contribution in [0.15, 0.2) is 18.2 Å². The maximum Gasteiger partial charge on any atom is 0.204 e. The second-order valence-corrected chi connectivity index (χ2v) is 3.64. The normalized spacial score (nSPS) is 14.4. The molecule has 2 N–H and O–H groups in total. The summed E-state index contributed by atoms with van der Waals surface area (Å²) in [6, 6.07) is 6.23. The van der Waals surface area contributed by atoms with Gasteiger partial charge in [-0.25, -0.2) is 0 Å².